The lowest BCUT2D eigenvalue weighted by molar-refractivity contribution is -0.121. The van der Waals surface area contributed by atoms with Crippen LogP contribution in [0.25, 0.3) is 0 Å². The molecule has 118 valence electrons. The molecule has 5 heteroatoms. The van der Waals surface area contributed by atoms with E-state index in [1.807, 2.05) is 45.9 Å². The molecule has 5 nitrogen and oxygen atoms in total. The summed E-state index contributed by atoms with van der Waals surface area (Å²) < 4.78 is 10.5. The van der Waals surface area contributed by atoms with Gasteiger partial charge < -0.3 is 20.1 Å². The van der Waals surface area contributed by atoms with Crippen LogP contribution in [0.15, 0.2) is 18.2 Å². The van der Waals surface area contributed by atoms with Gasteiger partial charge in [0.2, 0.25) is 5.91 Å². The van der Waals surface area contributed by atoms with Gasteiger partial charge >= 0.3 is 0 Å². The van der Waals surface area contributed by atoms with E-state index in [0.717, 1.165) is 11.3 Å². The van der Waals surface area contributed by atoms with Crippen molar-refractivity contribution in [3.05, 3.63) is 23.8 Å². The van der Waals surface area contributed by atoms with Crippen molar-refractivity contribution in [3.63, 3.8) is 0 Å². The summed E-state index contributed by atoms with van der Waals surface area (Å²) in [5, 5.41) is 6.12. The Balaban J connectivity index is 2.71. The van der Waals surface area contributed by atoms with Gasteiger partial charge in [-0.05, 0) is 39.8 Å². The maximum absolute atomic E-state index is 12.0. The van der Waals surface area contributed by atoms with E-state index in [1.165, 1.54) is 0 Å². The van der Waals surface area contributed by atoms with Crippen molar-refractivity contribution in [1.29, 1.82) is 0 Å². The molecular weight excluding hydrogens is 268 g/mol. The molecule has 0 bridgehead atoms. The zero-order valence-electron chi connectivity index (χ0n) is 13.7. The minimum absolute atomic E-state index is 0.0460. The second-order valence-electron chi connectivity index (χ2n) is 6.00. The molecule has 2 N–H and O–H groups in total. The Morgan fingerprint density at radius 3 is 2.43 bits per heavy atom. The molecule has 0 aliphatic rings. The topological polar surface area (TPSA) is 59.6 Å². The van der Waals surface area contributed by atoms with Crippen molar-refractivity contribution in [2.45, 2.75) is 39.3 Å². The minimum atomic E-state index is -0.139. The Bertz CT molecular complexity index is 481. The van der Waals surface area contributed by atoms with E-state index in [9.17, 15) is 4.79 Å². The van der Waals surface area contributed by atoms with Crippen LogP contribution in [-0.2, 0) is 4.79 Å². The highest BCUT2D eigenvalue weighted by Crippen LogP contribution is 2.29. The highest BCUT2D eigenvalue weighted by molar-refractivity contribution is 5.78. The predicted octanol–water partition coefficient (Wildman–Crippen LogP) is 2.27. The quantitative estimate of drug-likeness (QED) is 0.845. The van der Waals surface area contributed by atoms with E-state index in [-0.39, 0.29) is 24.0 Å². The van der Waals surface area contributed by atoms with Crippen LogP contribution in [0, 0.1) is 0 Å². The standard InChI is InChI=1S/C16H26N2O3/c1-11(18-15(19)10-17-16(2,3)4)13-8-7-12(20-5)9-14(13)21-6/h7-9,11,17H,10H2,1-6H3,(H,18,19). The van der Waals surface area contributed by atoms with E-state index in [4.69, 9.17) is 9.47 Å². The summed E-state index contributed by atoms with van der Waals surface area (Å²) >= 11 is 0. The molecule has 0 aliphatic heterocycles. The fraction of sp³-hybridized carbons (Fsp3) is 0.562. The van der Waals surface area contributed by atoms with E-state index < -0.39 is 0 Å². The van der Waals surface area contributed by atoms with Crippen LogP contribution >= 0.6 is 0 Å². The lowest BCUT2D eigenvalue weighted by Crippen LogP contribution is -2.43. The third kappa shape index (κ3) is 5.63. The normalized spacial score (nSPS) is 12.7. The summed E-state index contributed by atoms with van der Waals surface area (Å²) in [7, 11) is 3.21. The second-order valence-corrected chi connectivity index (χ2v) is 6.00. The average molecular weight is 294 g/mol. The smallest absolute Gasteiger partial charge is 0.234 e. The Labute approximate surface area is 127 Å². The lowest BCUT2D eigenvalue weighted by atomic mass is 10.1. The predicted molar refractivity (Wildman–Crippen MR) is 83.9 cm³/mol. The summed E-state index contributed by atoms with van der Waals surface area (Å²) in [5.41, 5.74) is 0.834. The number of carbonyl (C=O) groups excluding carboxylic acids is 1. The van der Waals surface area contributed by atoms with Crippen molar-refractivity contribution >= 4 is 5.91 Å². The SMILES string of the molecule is COc1ccc(C(C)NC(=O)CNC(C)(C)C)c(OC)c1. The summed E-state index contributed by atoms with van der Waals surface area (Å²) in [6.07, 6.45) is 0. The van der Waals surface area contributed by atoms with Gasteiger partial charge in [-0.2, -0.15) is 0 Å². The van der Waals surface area contributed by atoms with E-state index >= 15 is 0 Å². The minimum Gasteiger partial charge on any atom is -0.497 e. The monoisotopic (exact) mass is 294 g/mol. The molecule has 1 aromatic carbocycles. The van der Waals surface area contributed by atoms with Gasteiger partial charge in [0.15, 0.2) is 0 Å². The van der Waals surface area contributed by atoms with E-state index in [1.54, 1.807) is 14.2 Å². The Kier molecular flexibility index (Phi) is 6.03. The number of ether oxygens (including phenoxy) is 2. The Morgan fingerprint density at radius 1 is 1.24 bits per heavy atom. The lowest BCUT2D eigenvalue weighted by Gasteiger charge is -2.22. The summed E-state index contributed by atoms with van der Waals surface area (Å²) in [5.74, 6) is 1.38. The van der Waals surface area contributed by atoms with Gasteiger partial charge in [-0.25, -0.2) is 0 Å². The average Bonchev–Trinajstić information content (AvgIpc) is 2.43. The number of methoxy groups -OCH3 is 2. The molecule has 1 rings (SSSR count). The molecular formula is C16H26N2O3. The molecule has 0 saturated carbocycles. The second kappa shape index (κ2) is 7.31. The van der Waals surface area contributed by atoms with E-state index in [2.05, 4.69) is 10.6 Å². The molecule has 21 heavy (non-hydrogen) atoms. The fourth-order valence-corrected chi connectivity index (χ4v) is 1.89. The van der Waals surface area contributed by atoms with Gasteiger partial charge in [0.25, 0.3) is 0 Å². The zero-order valence-corrected chi connectivity index (χ0v) is 13.7. The first kappa shape index (κ1) is 17.3. The highest BCUT2D eigenvalue weighted by atomic mass is 16.5. The van der Waals surface area contributed by atoms with Crippen LogP contribution in [0.3, 0.4) is 0 Å². The number of rotatable bonds is 6. The largest absolute Gasteiger partial charge is 0.497 e. The number of carbonyl (C=O) groups is 1. The Hall–Kier alpha value is -1.75. The first-order chi connectivity index (χ1) is 9.76. The molecule has 1 aromatic rings. The Morgan fingerprint density at radius 2 is 1.90 bits per heavy atom. The molecule has 0 fully saturated rings. The van der Waals surface area contributed by atoms with Crippen LogP contribution in [0.2, 0.25) is 0 Å². The van der Waals surface area contributed by atoms with Gasteiger partial charge in [-0.15, -0.1) is 0 Å². The molecule has 1 atom stereocenters. The molecule has 0 aromatic heterocycles. The molecule has 1 unspecified atom stereocenters. The summed E-state index contributed by atoms with van der Waals surface area (Å²) in [6, 6.07) is 5.43. The first-order valence-electron chi connectivity index (χ1n) is 7.03. The zero-order chi connectivity index (χ0) is 16.0. The number of hydrogen-bond donors (Lipinski definition) is 2. The van der Waals surface area contributed by atoms with Gasteiger partial charge in [-0.3, -0.25) is 4.79 Å². The summed E-state index contributed by atoms with van der Waals surface area (Å²) in [6.45, 7) is 8.29. The van der Waals surface area contributed by atoms with Crippen LogP contribution in [-0.4, -0.2) is 32.2 Å². The summed E-state index contributed by atoms with van der Waals surface area (Å²) in [4.78, 5) is 12.0. The first-order valence-corrected chi connectivity index (χ1v) is 7.03. The number of benzene rings is 1. The van der Waals surface area contributed by atoms with Crippen molar-refractivity contribution in [2.24, 2.45) is 0 Å². The maximum atomic E-state index is 12.0. The van der Waals surface area contributed by atoms with Crippen LogP contribution in [0.1, 0.15) is 39.3 Å². The van der Waals surface area contributed by atoms with Crippen LogP contribution in [0.5, 0.6) is 11.5 Å². The van der Waals surface area contributed by atoms with Crippen molar-refractivity contribution in [2.75, 3.05) is 20.8 Å². The third-order valence-electron chi connectivity index (χ3n) is 3.06. The van der Waals surface area contributed by atoms with E-state index in [0.29, 0.717) is 5.75 Å². The van der Waals surface area contributed by atoms with Gasteiger partial charge in [0.05, 0.1) is 26.8 Å². The van der Waals surface area contributed by atoms with Crippen molar-refractivity contribution in [3.8, 4) is 11.5 Å². The molecule has 0 heterocycles. The van der Waals surface area contributed by atoms with Crippen LogP contribution in [0.4, 0.5) is 0 Å². The number of nitrogens with one attached hydrogen (secondary N) is 2. The highest BCUT2D eigenvalue weighted by Gasteiger charge is 2.16. The number of amides is 1. The molecule has 0 saturated heterocycles. The van der Waals surface area contributed by atoms with Crippen LogP contribution < -0.4 is 20.1 Å². The van der Waals surface area contributed by atoms with Gasteiger partial charge in [0, 0.05) is 17.2 Å². The molecule has 0 radical (unpaired) electrons. The fourth-order valence-electron chi connectivity index (χ4n) is 1.89. The maximum Gasteiger partial charge on any atom is 0.234 e. The number of hydrogen-bond acceptors (Lipinski definition) is 4. The molecule has 1 amide bonds. The van der Waals surface area contributed by atoms with Gasteiger partial charge in [-0.1, -0.05) is 0 Å². The van der Waals surface area contributed by atoms with Crippen molar-refractivity contribution < 1.29 is 14.3 Å². The molecule has 0 spiro atoms. The third-order valence-corrected chi connectivity index (χ3v) is 3.06. The molecule has 0 aliphatic carbocycles. The van der Waals surface area contributed by atoms with Crippen molar-refractivity contribution in [1.82, 2.24) is 10.6 Å². The van der Waals surface area contributed by atoms with Gasteiger partial charge in [0.1, 0.15) is 11.5 Å².